The summed E-state index contributed by atoms with van der Waals surface area (Å²) in [6, 6.07) is 14.8. The zero-order valence-electron chi connectivity index (χ0n) is 16.7. The van der Waals surface area contributed by atoms with E-state index >= 15 is 0 Å². The number of allylic oxidation sites excluding steroid dienone is 1. The fraction of sp³-hybridized carbons (Fsp3) is 0.182. The molecule has 2 aromatic carbocycles. The van der Waals surface area contributed by atoms with Crippen LogP contribution in [0.5, 0.6) is 0 Å². The van der Waals surface area contributed by atoms with E-state index in [1.165, 1.54) is 0 Å². The summed E-state index contributed by atoms with van der Waals surface area (Å²) in [5.74, 6) is 0.385. The number of halogens is 2. The molecule has 0 aliphatic carbocycles. The molecular weight excluding hydrogens is 451 g/mol. The van der Waals surface area contributed by atoms with Gasteiger partial charge in [-0.05, 0) is 24.3 Å². The van der Waals surface area contributed by atoms with E-state index in [2.05, 4.69) is 21.6 Å². The quantitative estimate of drug-likeness (QED) is 0.465. The van der Waals surface area contributed by atoms with E-state index in [0.717, 1.165) is 5.69 Å². The number of nitriles is 1. The summed E-state index contributed by atoms with van der Waals surface area (Å²) in [5, 5.41) is 22.3. The monoisotopic (exact) mass is 466 g/mol. The van der Waals surface area contributed by atoms with Crippen LogP contribution in [-0.4, -0.2) is 47.0 Å². The molecule has 1 fully saturated rings. The SMILES string of the molecule is N#C/C(=C1/C(=O)Nc2c(Cl)cc(Cl)cc21)c1nnc(N2CCOCC2)n1-c1ccccc1. The molecule has 1 aromatic heterocycles. The van der Waals surface area contributed by atoms with E-state index in [1.54, 1.807) is 16.7 Å². The van der Waals surface area contributed by atoms with Gasteiger partial charge in [0, 0.05) is 23.7 Å². The van der Waals surface area contributed by atoms with Crippen molar-refractivity contribution in [3.05, 3.63) is 63.9 Å². The normalized spacial score (nSPS) is 17.0. The molecule has 32 heavy (non-hydrogen) atoms. The van der Waals surface area contributed by atoms with Crippen LogP contribution >= 0.6 is 23.2 Å². The van der Waals surface area contributed by atoms with Gasteiger partial charge >= 0.3 is 0 Å². The molecule has 1 saturated heterocycles. The lowest BCUT2D eigenvalue weighted by Crippen LogP contribution is -2.38. The van der Waals surface area contributed by atoms with Gasteiger partial charge in [-0.3, -0.25) is 9.36 Å². The first kappa shape index (κ1) is 20.5. The Morgan fingerprint density at radius 1 is 1.12 bits per heavy atom. The molecule has 0 radical (unpaired) electrons. The highest BCUT2D eigenvalue weighted by Gasteiger charge is 2.33. The topological polar surface area (TPSA) is 96.1 Å². The van der Waals surface area contributed by atoms with Crippen LogP contribution in [0.1, 0.15) is 11.4 Å². The Morgan fingerprint density at radius 3 is 2.59 bits per heavy atom. The smallest absolute Gasteiger partial charge is 0.257 e. The maximum atomic E-state index is 12.9. The molecule has 0 atom stereocenters. The van der Waals surface area contributed by atoms with Crippen LogP contribution in [0, 0.1) is 11.3 Å². The Balaban J connectivity index is 1.76. The predicted molar refractivity (Wildman–Crippen MR) is 122 cm³/mol. The van der Waals surface area contributed by atoms with Crippen LogP contribution in [0.4, 0.5) is 11.6 Å². The Kier molecular flexibility index (Phi) is 5.31. The van der Waals surface area contributed by atoms with E-state index in [9.17, 15) is 10.1 Å². The number of fused-ring (bicyclic) bond motifs is 1. The van der Waals surface area contributed by atoms with Crippen molar-refractivity contribution in [2.75, 3.05) is 36.5 Å². The van der Waals surface area contributed by atoms with Crippen molar-refractivity contribution in [1.82, 2.24) is 14.8 Å². The third-order valence-electron chi connectivity index (χ3n) is 5.33. The molecule has 1 amide bonds. The minimum absolute atomic E-state index is 0.0791. The lowest BCUT2D eigenvalue weighted by molar-refractivity contribution is -0.110. The third kappa shape index (κ3) is 3.41. The summed E-state index contributed by atoms with van der Waals surface area (Å²) in [6.07, 6.45) is 0. The van der Waals surface area contributed by atoms with Crippen molar-refractivity contribution in [1.29, 1.82) is 5.26 Å². The molecule has 0 unspecified atom stereocenters. The highest BCUT2D eigenvalue weighted by atomic mass is 35.5. The Labute approximate surface area is 193 Å². The van der Waals surface area contributed by atoms with E-state index in [0.29, 0.717) is 53.5 Å². The number of nitrogens with zero attached hydrogens (tertiary/aromatic N) is 5. The number of anilines is 2. The van der Waals surface area contributed by atoms with Gasteiger partial charge in [0.15, 0.2) is 5.82 Å². The van der Waals surface area contributed by atoms with Crippen molar-refractivity contribution < 1.29 is 9.53 Å². The van der Waals surface area contributed by atoms with Gasteiger partial charge in [-0.15, -0.1) is 10.2 Å². The van der Waals surface area contributed by atoms with Crippen LogP contribution < -0.4 is 10.2 Å². The van der Waals surface area contributed by atoms with Crippen molar-refractivity contribution in [2.45, 2.75) is 0 Å². The molecule has 3 heterocycles. The molecule has 0 bridgehead atoms. The van der Waals surface area contributed by atoms with Crippen LogP contribution in [0.15, 0.2) is 42.5 Å². The van der Waals surface area contributed by atoms with Crippen LogP contribution in [0.2, 0.25) is 10.0 Å². The number of carbonyl (C=O) groups excluding carboxylic acids is 1. The van der Waals surface area contributed by atoms with Crippen LogP contribution in [0.25, 0.3) is 16.8 Å². The number of carbonyl (C=O) groups is 1. The number of rotatable bonds is 3. The van der Waals surface area contributed by atoms with Gasteiger partial charge < -0.3 is 15.0 Å². The first-order chi connectivity index (χ1) is 15.6. The zero-order valence-corrected chi connectivity index (χ0v) is 18.2. The Morgan fingerprint density at radius 2 is 1.88 bits per heavy atom. The van der Waals surface area contributed by atoms with E-state index in [1.807, 2.05) is 35.2 Å². The lowest BCUT2D eigenvalue weighted by Gasteiger charge is -2.28. The maximum Gasteiger partial charge on any atom is 0.257 e. The van der Waals surface area contributed by atoms with E-state index in [4.69, 9.17) is 27.9 Å². The number of hydrogen-bond acceptors (Lipinski definition) is 6. The fourth-order valence-electron chi connectivity index (χ4n) is 3.88. The number of aromatic nitrogens is 3. The molecule has 3 aromatic rings. The average Bonchev–Trinajstić information content (AvgIpc) is 3.38. The molecule has 5 rings (SSSR count). The second-order valence-electron chi connectivity index (χ2n) is 7.22. The van der Waals surface area contributed by atoms with Gasteiger partial charge in [-0.25, -0.2) is 0 Å². The molecule has 0 saturated carbocycles. The van der Waals surface area contributed by atoms with Gasteiger partial charge in [0.1, 0.15) is 11.6 Å². The highest BCUT2D eigenvalue weighted by molar-refractivity contribution is 6.44. The fourth-order valence-corrected chi connectivity index (χ4v) is 4.42. The maximum absolute atomic E-state index is 12.9. The van der Waals surface area contributed by atoms with Crippen molar-refractivity contribution in [3.63, 3.8) is 0 Å². The summed E-state index contributed by atoms with van der Waals surface area (Å²) in [6.45, 7) is 2.40. The number of nitrogens with one attached hydrogen (secondary N) is 1. The minimum atomic E-state index is -0.448. The second kappa shape index (κ2) is 8.28. The minimum Gasteiger partial charge on any atom is -0.378 e. The first-order valence-corrected chi connectivity index (χ1v) is 10.6. The lowest BCUT2D eigenvalue weighted by atomic mass is 10.0. The van der Waals surface area contributed by atoms with E-state index in [-0.39, 0.29) is 17.0 Å². The number of morpholine rings is 1. The van der Waals surface area contributed by atoms with Gasteiger partial charge in [0.2, 0.25) is 5.95 Å². The summed E-state index contributed by atoms with van der Waals surface area (Å²) in [5.41, 5.74) is 1.88. The Bertz CT molecular complexity index is 1290. The largest absolute Gasteiger partial charge is 0.378 e. The molecule has 2 aliphatic rings. The molecule has 8 nitrogen and oxygen atoms in total. The molecule has 0 spiro atoms. The van der Waals surface area contributed by atoms with Gasteiger partial charge in [0.05, 0.1) is 35.2 Å². The highest BCUT2D eigenvalue weighted by Crippen LogP contribution is 2.42. The van der Waals surface area contributed by atoms with Crippen molar-refractivity contribution in [2.24, 2.45) is 0 Å². The second-order valence-corrected chi connectivity index (χ2v) is 8.06. The molecule has 10 heteroatoms. The summed E-state index contributed by atoms with van der Waals surface area (Å²) >= 11 is 12.5. The third-order valence-corrected chi connectivity index (χ3v) is 5.85. The van der Waals surface area contributed by atoms with Gasteiger partial charge in [-0.1, -0.05) is 41.4 Å². The van der Waals surface area contributed by atoms with Crippen LogP contribution in [0.3, 0.4) is 0 Å². The standard InChI is InChI=1S/C22H16Cl2N6O2/c23-13-10-15-18(21(31)26-19(15)17(24)11-13)16(12-25)20-27-28-22(29-6-8-32-9-7-29)30(20)14-4-2-1-3-5-14/h1-5,10-11H,6-9H2,(H,26,31)/b18-16-. The number of hydrogen-bond donors (Lipinski definition) is 1. The van der Waals surface area contributed by atoms with Crippen molar-refractivity contribution in [3.8, 4) is 11.8 Å². The Hall–Kier alpha value is -3.38. The van der Waals surface area contributed by atoms with E-state index < -0.39 is 5.91 Å². The average molecular weight is 467 g/mol. The van der Waals surface area contributed by atoms with Crippen molar-refractivity contribution >= 4 is 51.9 Å². The predicted octanol–water partition coefficient (Wildman–Crippen LogP) is 3.80. The molecule has 2 aliphatic heterocycles. The summed E-state index contributed by atoms with van der Waals surface area (Å²) < 4.78 is 7.25. The number of ether oxygens (including phenoxy) is 1. The number of amides is 1. The first-order valence-electron chi connectivity index (χ1n) is 9.87. The zero-order chi connectivity index (χ0) is 22.2. The molecular formula is C22H16Cl2N6O2. The number of para-hydroxylation sites is 1. The van der Waals surface area contributed by atoms with Crippen LogP contribution in [-0.2, 0) is 9.53 Å². The number of benzene rings is 2. The molecule has 160 valence electrons. The summed E-state index contributed by atoms with van der Waals surface area (Å²) in [7, 11) is 0. The van der Waals surface area contributed by atoms with Gasteiger partial charge in [0.25, 0.3) is 5.91 Å². The summed E-state index contributed by atoms with van der Waals surface area (Å²) in [4.78, 5) is 15.0. The van der Waals surface area contributed by atoms with Gasteiger partial charge in [-0.2, -0.15) is 5.26 Å². The molecule has 1 N–H and O–H groups in total.